The summed E-state index contributed by atoms with van der Waals surface area (Å²) < 4.78 is 11.4. The Hall–Kier alpha value is -1.81. The highest BCUT2D eigenvalue weighted by Gasteiger charge is 2.14. The molecule has 0 amide bonds. The van der Waals surface area contributed by atoms with E-state index in [1.165, 1.54) is 9.75 Å². The van der Waals surface area contributed by atoms with Gasteiger partial charge < -0.3 is 8.83 Å². The van der Waals surface area contributed by atoms with Crippen LogP contribution in [0.5, 0.6) is 0 Å². The zero-order valence-electron chi connectivity index (χ0n) is 12.8. The molecule has 0 aliphatic carbocycles. The Kier molecular flexibility index (Phi) is 3.72. The minimum atomic E-state index is 0.688. The van der Waals surface area contributed by atoms with Gasteiger partial charge in [0.1, 0.15) is 17.3 Å². The van der Waals surface area contributed by atoms with E-state index in [0.29, 0.717) is 6.42 Å². The zero-order chi connectivity index (χ0) is 15.0. The number of thiophene rings is 1. The molecule has 3 aromatic heterocycles. The van der Waals surface area contributed by atoms with Crippen molar-refractivity contribution in [3.05, 3.63) is 62.4 Å². The zero-order valence-corrected chi connectivity index (χ0v) is 13.6. The Morgan fingerprint density at radius 3 is 2.43 bits per heavy atom. The highest BCUT2D eigenvalue weighted by molar-refractivity contribution is 7.11. The molecule has 3 rings (SSSR count). The smallest absolute Gasteiger partial charge is 0.199 e. The van der Waals surface area contributed by atoms with E-state index in [1.807, 2.05) is 32.1 Å². The van der Waals surface area contributed by atoms with Crippen LogP contribution in [0, 0.1) is 27.7 Å². The van der Waals surface area contributed by atoms with Crippen LogP contribution >= 0.6 is 11.3 Å². The Labute approximate surface area is 128 Å². The first kappa shape index (κ1) is 14.1. The van der Waals surface area contributed by atoms with Gasteiger partial charge in [0.2, 0.25) is 0 Å². The number of nitrogens with zero attached hydrogens (tertiary/aromatic N) is 1. The molecular formula is C17H19NO2S. The number of rotatable bonds is 4. The lowest BCUT2D eigenvalue weighted by Gasteiger charge is -1.93. The van der Waals surface area contributed by atoms with Gasteiger partial charge in [-0.3, -0.25) is 0 Å². The fourth-order valence-electron chi connectivity index (χ4n) is 2.49. The SMILES string of the molecule is Cc1cc(Cc2nc(Cc3ccc(C)s3)c(C)o2)c(C)o1. The van der Waals surface area contributed by atoms with Crippen molar-refractivity contribution in [1.82, 2.24) is 4.98 Å². The second-order valence-electron chi connectivity index (χ2n) is 5.41. The summed E-state index contributed by atoms with van der Waals surface area (Å²) in [5.41, 5.74) is 2.18. The summed E-state index contributed by atoms with van der Waals surface area (Å²) in [5.74, 6) is 3.55. The number of hydrogen-bond acceptors (Lipinski definition) is 4. The summed E-state index contributed by atoms with van der Waals surface area (Å²) in [4.78, 5) is 7.31. The average Bonchev–Trinajstić information content (AvgIpc) is 3.04. The standard InChI is InChI=1S/C17H19NO2S/c1-10-7-14(12(3)19-10)8-17-18-16(13(4)20-17)9-15-6-5-11(2)21-15/h5-7H,8-9H2,1-4H3. The van der Waals surface area contributed by atoms with E-state index in [-0.39, 0.29) is 0 Å². The van der Waals surface area contributed by atoms with E-state index in [1.54, 1.807) is 0 Å². The number of aromatic nitrogens is 1. The summed E-state index contributed by atoms with van der Waals surface area (Å²) in [5, 5.41) is 0. The summed E-state index contributed by atoms with van der Waals surface area (Å²) in [6.07, 6.45) is 1.53. The second-order valence-corrected chi connectivity index (χ2v) is 6.79. The number of furan rings is 1. The van der Waals surface area contributed by atoms with Crippen molar-refractivity contribution >= 4 is 11.3 Å². The molecule has 3 heterocycles. The van der Waals surface area contributed by atoms with E-state index < -0.39 is 0 Å². The van der Waals surface area contributed by atoms with Crippen molar-refractivity contribution in [2.45, 2.75) is 40.5 Å². The van der Waals surface area contributed by atoms with Crippen LogP contribution in [0.25, 0.3) is 0 Å². The van der Waals surface area contributed by atoms with Crippen LogP contribution < -0.4 is 0 Å². The minimum absolute atomic E-state index is 0.688. The molecule has 0 radical (unpaired) electrons. The van der Waals surface area contributed by atoms with E-state index in [4.69, 9.17) is 8.83 Å². The molecule has 0 spiro atoms. The lowest BCUT2D eigenvalue weighted by Crippen LogP contribution is -1.91. The fraction of sp³-hybridized carbons (Fsp3) is 0.353. The van der Waals surface area contributed by atoms with Crippen molar-refractivity contribution in [3.63, 3.8) is 0 Å². The maximum absolute atomic E-state index is 5.81. The molecule has 0 bridgehead atoms. The second kappa shape index (κ2) is 5.53. The van der Waals surface area contributed by atoms with Crippen molar-refractivity contribution in [1.29, 1.82) is 0 Å². The van der Waals surface area contributed by atoms with Crippen LogP contribution in [0.3, 0.4) is 0 Å². The lowest BCUT2D eigenvalue weighted by molar-refractivity contribution is 0.474. The molecule has 0 N–H and O–H groups in total. The summed E-state index contributed by atoms with van der Waals surface area (Å²) in [6, 6.07) is 6.36. The molecule has 21 heavy (non-hydrogen) atoms. The van der Waals surface area contributed by atoms with Crippen LogP contribution in [0.2, 0.25) is 0 Å². The highest BCUT2D eigenvalue weighted by atomic mass is 32.1. The highest BCUT2D eigenvalue weighted by Crippen LogP contribution is 2.23. The van der Waals surface area contributed by atoms with Crippen LogP contribution in [0.4, 0.5) is 0 Å². The third-order valence-electron chi connectivity index (χ3n) is 3.56. The van der Waals surface area contributed by atoms with E-state index >= 15 is 0 Å². The third kappa shape index (κ3) is 3.10. The monoisotopic (exact) mass is 301 g/mol. The van der Waals surface area contributed by atoms with Crippen molar-refractivity contribution < 1.29 is 8.83 Å². The van der Waals surface area contributed by atoms with Gasteiger partial charge in [-0.2, -0.15) is 0 Å². The van der Waals surface area contributed by atoms with E-state index in [9.17, 15) is 0 Å². The maximum atomic E-state index is 5.81. The number of oxazole rings is 1. The summed E-state index contributed by atoms with van der Waals surface area (Å²) in [7, 11) is 0. The molecule has 3 nitrogen and oxygen atoms in total. The molecule has 3 aromatic rings. The van der Waals surface area contributed by atoms with Crippen molar-refractivity contribution in [2.75, 3.05) is 0 Å². The van der Waals surface area contributed by atoms with E-state index in [0.717, 1.165) is 40.8 Å². The largest absolute Gasteiger partial charge is 0.466 e. The first-order chi connectivity index (χ1) is 10.0. The first-order valence-corrected chi connectivity index (χ1v) is 7.89. The number of hydrogen-bond donors (Lipinski definition) is 0. The Balaban J connectivity index is 1.79. The topological polar surface area (TPSA) is 39.2 Å². The molecule has 0 aliphatic heterocycles. The van der Waals surface area contributed by atoms with Gasteiger partial charge in [-0.15, -0.1) is 11.3 Å². The Morgan fingerprint density at radius 1 is 1.00 bits per heavy atom. The van der Waals surface area contributed by atoms with Gasteiger partial charge in [-0.05, 0) is 45.9 Å². The van der Waals surface area contributed by atoms with Gasteiger partial charge in [-0.25, -0.2) is 4.98 Å². The summed E-state index contributed by atoms with van der Waals surface area (Å²) in [6.45, 7) is 8.05. The van der Waals surface area contributed by atoms with Crippen molar-refractivity contribution in [2.24, 2.45) is 0 Å². The first-order valence-electron chi connectivity index (χ1n) is 7.07. The summed E-state index contributed by atoms with van der Waals surface area (Å²) >= 11 is 1.81. The Morgan fingerprint density at radius 2 is 1.81 bits per heavy atom. The average molecular weight is 301 g/mol. The maximum Gasteiger partial charge on any atom is 0.199 e. The molecule has 0 aliphatic rings. The van der Waals surface area contributed by atoms with E-state index in [2.05, 4.69) is 30.1 Å². The van der Waals surface area contributed by atoms with Gasteiger partial charge in [-0.1, -0.05) is 0 Å². The van der Waals surface area contributed by atoms with Crippen LogP contribution in [0.15, 0.2) is 27.0 Å². The van der Waals surface area contributed by atoms with Crippen molar-refractivity contribution in [3.8, 4) is 0 Å². The lowest BCUT2D eigenvalue weighted by atomic mass is 10.2. The third-order valence-corrected chi connectivity index (χ3v) is 4.56. The van der Waals surface area contributed by atoms with Gasteiger partial charge in [0.05, 0.1) is 12.1 Å². The van der Waals surface area contributed by atoms with Crippen LogP contribution in [-0.4, -0.2) is 4.98 Å². The molecule has 0 unspecified atom stereocenters. The molecule has 4 heteroatoms. The minimum Gasteiger partial charge on any atom is -0.466 e. The fourth-order valence-corrected chi connectivity index (χ4v) is 3.39. The molecule has 0 atom stereocenters. The van der Waals surface area contributed by atoms with Gasteiger partial charge >= 0.3 is 0 Å². The quantitative estimate of drug-likeness (QED) is 0.698. The predicted octanol–water partition coefficient (Wildman–Crippen LogP) is 4.74. The molecule has 0 saturated carbocycles. The Bertz CT molecular complexity index is 764. The number of aryl methyl sites for hydroxylation is 4. The normalized spacial score (nSPS) is 11.2. The molecule has 0 fully saturated rings. The van der Waals surface area contributed by atoms with Gasteiger partial charge in [0.15, 0.2) is 5.89 Å². The predicted molar refractivity (Wildman–Crippen MR) is 84.1 cm³/mol. The molecule has 0 aromatic carbocycles. The van der Waals surface area contributed by atoms with Crippen LogP contribution in [-0.2, 0) is 12.8 Å². The molecular weight excluding hydrogens is 282 g/mol. The van der Waals surface area contributed by atoms with Gasteiger partial charge in [0, 0.05) is 21.7 Å². The van der Waals surface area contributed by atoms with Crippen LogP contribution in [0.1, 0.15) is 44.2 Å². The van der Waals surface area contributed by atoms with Gasteiger partial charge in [0.25, 0.3) is 0 Å². The molecule has 110 valence electrons. The molecule has 0 saturated heterocycles.